The topological polar surface area (TPSA) is 84.0 Å². The number of pyridine rings is 1. The molecule has 210 valence electrons. The van der Waals surface area contributed by atoms with Gasteiger partial charge < -0.3 is 24.6 Å². The van der Waals surface area contributed by atoms with Crippen LogP contribution in [0.1, 0.15) is 27.6 Å². The molecular formula is C32H31FN4O4. The van der Waals surface area contributed by atoms with E-state index in [0.717, 1.165) is 11.4 Å². The second kappa shape index (κ2) is 12.5. The van der Waals surface area contributed by atoms with Crippen molar-refractivity contribution >= 4 is 23.2 Å². The summed E-state index contributed by atoms with van der Waals surface area (Å²) in [6, 6.07) is 20.8. The van der Waals surface area contributed by atoms with Crippen LogP contribution in [0.4, 0.5) is 15.8 Å². The van der Waals surface area contributed by atoms with E-state index in [1.54, 1.807) is 79.0 Å². The number of amides is 2. The Balaban J connectivity index is 1.17. The summed E-state index contributed by atoms with van der Waals surface area (Å²) < 4.78 is 25.6. The van der Waals surface area contributed by atoms with Crippen molar-refractivity contribution in [1.29, 1.82) is 0 Å². The molecule has 0 unspecified atom stereocenters. The number of hydrogen-bond acceptors (Lipinski definition) is 6. The molecule has 0 aliphatic carbocycles. The summed E-state index contributed by atoms with van der Waals surface area (Å²) in [6.45, 7) is 4.61. The maximum Gasteiger partial charge on any atom is 0.255 e. The number of anilines is 2. The number of ether oxygens (including phenoxy) is 2. The van der Waals surface area contributed by atoms with Crippen LogP contribution in [0, 0.1) is 5.82 Å². The molecule has 0 radical (unpaired) electrons. The van der Waals surface area contributed by atoms with Gasteiger partial charge in [-0.2, -0.15) is 0 Å². The number of nitrogens with one attached hydrogen (secondary N) is 1. The third-order valence-electron chi connectivity index (χ3n) is 6.96. The van der Waals surface area contributed by atoms with Crippen molar-refractivity contribution in [2.24, 2.45) is 0 Å². The molecule has 41 heavy (non-hydrogen) atoms. The zero-order chi connectivity index (χ0) is 28.8. The first-order chi connectivity index (χ1) is 19.9. The van der Waals surface area contributed by atoms with Crippen molar-refractivity contribution in [1.82, 2.24) is 9.88 Å². The van der Waals surface area contributed by atoms with Crippen molar-refractivity contribution in [2.45, 2.75) is 6.92 Å². The highest BCUT2D eigenvalue weighted by Crippen LogP contribution is 2.27. The summed E-state index contributed by atoms with van der Waals surface area (Å²) in [5.74, 6) is 0.391. The second-order valence-corrected chi connectivity index (χ2v) is 9.55. The fourth-order valence-electron chi connectivity index (χ4n) is 4.75. The smallest absolute Gasteiger partial charge is 0.255 e. The average molecular weight is 555 g/mol. The number of carbonyl (C=O) groups excluding carboxylic acids is 2. The van der Waals surface area contributed by atoms with Crippen molar-refractivity contribution in [3.8, 4) is 22.6 Å². The Morgan fingerprint density at radius 3 is 2.24 bits per heavy atom. The molecule has 5 rings (SSSR count). The Bertz CT molecular complexity index is 1520. The largest absolute Gasteiger partial charge is 0.497 e. The summed E-state index contributed by atoms with van der Waals surface area (Å²) >= 11 is 0. The predicted molar refractivity (Wildman–Crippen MR) is 156 cm³/mol. The number of piperazine rings is 1. The maximum atomic E-state index is 15.0. The van der Waals surface area contributed by atoms with Gasteiger partial charge in [-0.15, -0.1) is 0 Å². The number of nitrogens with zero attached hydrogens (tertiary/aromatic N) is 3. The van der Waals surface area contributed by atoms with E-state index in [1.807, 2.05) is 19.1 Å². The van der Waals surface area contributed by atoms with Gasteiger partial charge in [-0.1, -0.05) is 6.07 Å². The first kappa shape index (κ1) is 27.6. The number of aromatic nitrogens is 1. The van der Waals surface area contributed by atoms with Gasteiger partial charge in [0, 0.05) is 66.0 Å². The lowest BCUT2D eigenvalue weighted by Crippen LogP contribution is -2.48. The molecule has 1 N–H and O–H groups in total. The molecule has 1 aliphatic heterocycles. The first-order valence-corrected chi connectivity index (χ1v) is 13.4. The van der Waals surface area contributed by atoms with Gasteiger partial charge in [-0.05, 0) is 73.7 Å². The number of hydrogen-bond donors (Lipinski definition) is 1. The molecule has 0 atom stereocenters. The molecule has 4 aromatic rings. The Labute approximate surface area is 238 Å². The van der Waals surface area contributed by atoms with Gasteiger partial charge in [-0.25, -0.2) is 4.39 Å². The number of carbonyl (C=O) groups is 2. The summed E-state index contributed by atoms with van der Waals surface area (Å²) in [7, 11) is 1.59. The van der Waals surface area contributed by atoms with Gasteiger partial charge >= 0.3 is 0 Å². The summed E-state index contributed by atoms with van der Waals surface area (Å²) in [4.78, 5) is 33.8. The quantitative estimate of drug-likeness (QED) is 0.309. The van der Waals surface area contributed by atoms with E-state index >= 15 is 4.39 Å². The maximum absolute atomic E-state index is 15.0. The van der Waals surface area contributed by atoms with Gasteiger partial charge in [0.25, 0.3) is 11.8 Å². The van der Waals surface area contributed by atoms with Crippen molar-refractivity contribution in [2.75, 3.05) is 50.1 Å². The minimum Gasteiger partial charge on any atom is -0.497 e. The molecule has 1 fully saturated rings. The van der Waals surface area contributed by atoms with E-state index in [9.17, 15) is 9.59 Å². The molecule has 1 saturated heterocycles. The van der Waals surface area contributed by atoms with Gasteiger partial charge in [-0.3, -0.25) is 14.6 Å². The molecule has 8 nitrogen and oxygen atoms in total. The Morgan fingerprint density at radius 1 is 0.878 bits per heavy atom. The lowest BCUT2D eigenvalue weighted by molar-refractivity contribution is 0.0746. The van der Waals surface area contributed by atoms with Gasteiger partial charge in [0.1, 0.15) is 17.3 Å². The van der Waals surface area contributed by atoms with Crippen LogP contribution in [-0.4, -0.2) is 61.6 Å². The average Bonchev–Trinajstić information content (AvgIpc) is 3.01. The predicted octanol–water partition coefficient (Wildman–Crippen LogP) is 5.51. The minimum atomic E-state index is -0.485. The molecule has 0 spiro atoms. The molecule has 2 heterocycles. The van der Waals surface area contributed by atoms with Gasteiger partial charge in [0.2, 0.25) is 0 Å². The van der Waals surface area contributed by atoms with Crippen LogP contribution in [0.2, 0.25) is 0 Å². The monoisotopic (exact) mass is 554 g/mol. The molecule has 0 saturated carbocycles. The standard InChI is InChI=1S/C32H31FN4O4/c1-3-41-28-18-24(20-34-21-28)29-13-6-23(19-30(29)33)32(39)37-16-14-36(15-17-37)26-9-4-22(5-10-26)31(38)35-25-7-11-27(40-2)12-8-25/h4-13,18-21H,3,14-17H2,1-2H3,(H,35,38). The SMILES string of the molecule is CCOc1cncc(-c2ccc(C(=O)N3CCN(c4ccc(C(=O)Nc5ccc(OC)cc5)cc4)CC3)cc2F)c1. The molecular weight excluding hydrogens is 523 g/mol. The molecule has 3 aromatic carbocycles. The second-order valence-electron chi connectivity index (χ2n) is 9.55. The van der Waals surface area contributed by atoms with E-state index < -0.39 is 5.82 Å². The van der Waals surface area contributed by atoms with Crippen molar-refractivity contribution < 1.29 is 23.5 Å². The van der Waals surface area contributed by atoms with Crippen molar-refractivity contribution in [3.05, 3.63) is 102 Å². The van der Waals surface area contributed by atoms with E-state index in [0.29, 0.717) is 66.5 Å². The zero-order valence-electron chi connectivity index (χ0n) is 23.0. The van der Waals surface area contributed by atoms with Crippen LogP contribution in [0.3, 0.4) is 0 Å². The van der Waals surface area contributed by atoms with Gasteiger partial charge in [0.05, 0.1) is 19.9 Å². The highest BCUT2D eigenvalue weighted by atomic mass is 19.1. The minimum absolute atomic E-state index is 0.200. The zero-order valence-corrected chi connectivity index (χ0v) is 23.0. The fraction of sp³-hybridized carbons (Fsp3) is 0.219. The van der Waals surface area contributed by atoms with E-state index in [2.05, 4.69) is 15.2 Å². The first-order valence-electron chi connectivity index (χ1n) is 13.4. The number of halogens is 1. The number of methoxy groups -OCH3 is 1. The molecule has 0 bridgehead atoms. The summed E-state index contributed by atoms with van der Waals surface area (Å²) in [6.07, 6.45) is 3.15. The molecule has 1 aliphatic rings. The van der Waals surface area contributed by atoms with Crippen LogP contribution >= 0.6 is 0 Å². The van der Waals surface area contributed by atoms with Crippen LogP contribution in [-0.2, 0) is 0 Å². The lowest BCUT2D eigenvalue weighted by atomic mass is 10.0. The van der Waals surface area contributed by atoms with E-state index in [-0.39, 0.29) is 11.8 Å². The van der Waals surface area contributed by atoms with E-state index in [1.165, 1.54) is 6.07 Å². The van der Waals surface area contributed by atoms with Crippen LogP contribution in [0.25, 0.3) is 11.1 Å². The third kappa shape index (κ3) is 6.46. The highest BCUT2D eigenvalue weighted by molar-refractivity contribution is 6.04. The Morgan fingerprint density at radius 2 is 1.59 bits per heavy atom. The third-order valence-corrected chi connectivity index (χ3v) is 6.96. The molecule has 2 amide bonds. The number of rotatable bonds is 8. The van der Waals surface area contributed by atoms with Crippen LogP contribution < -0.4 is 19.7 Å². The summed E-state index contributed by atoms with van der Waals surface area (Å²) in [5.41, 5.74) is 3.45. The van der Waals surface area contributed by atoms with E-state index in [4.69, 9.17) is 9.47 Å². The Kier molecular flexibility index (Phi) is 8.43. The highest BCUT2D eigenvalue weighted by Gasteiger charge is 2.23. The Hall–Kier alpha value is -4.92. The molecule has 9 heteroatoms. The van der Waals surface area contributed by atoms with Crippen molar-refractivity contribution in [3.63, 3.8) is 0 Å². The van der Waals surface area contributed by atoms with Gasteiger partial charge in [0.15, 0.2) is 0 Å². The van der Waals surface area contributed by atoms with Crippen LogP contribution in [0.5, 0.6) is 11.5 Å². The van der Waals surface area contributed by atoms with Crippen LogP contribution in [0.15, 0.2) is 85.2 Å². The molecule has 1 aromatic heterocycles. The summed E-state index contributed by atoms with van der Waals surface area (Å²) in [5, 5.41) is 2.88. The lowest BCUT2D eigenvalue weighted by Gasteiger charge is -2.36. The number of benzene rings is 3. The normalized spacial score (nSPS) is 13.0. The fourth-order valence-corrected chi connectivity index (χ4v) is 4.75.